The van der Waals surface area contributed by atoms with Crippen molar-refractivity contribution in [3.63, 3.8) is 0 Å². The summed E-state index contributed by atoms with van der Waals surface area (Å²) >= 11 is 0. The zero-order valence-corrected chi connectivity index (χ0v) is 22.1. The number of benzene rings is 3. The molecule has 1 atom stereocenters. The first-order chi connectivity index (χ1) is 18.8. The smallest absolute Gasteiger partial charge is 0.319 e. The molecular formula is C30H32N2O7. The highest BCUT2D eigenvalue weighted by Gasteiger charge is 2.32. The maximum atomic E-state index is 13.8. The molecule has 3 aromatic rings. The summed E-state index contributed by atoms with van der Waals surface area (Å²) in [6.07, 6.45) is 1.50. The number of methoxy groups -OCH3 is 3. The number of aromatic hydroxyl groups is 2. The highest BCUT2D eigenvalue weighted by molar-refractivity contribution is 6.00. The number of carbonyl (C=O) groups excluding carboxylic acids is 2. The second-order valence-corrected chi connectivity index (χ2v) is 9.13. The summed E-state index contributed by atoms with van der Waals surface area (Å²) in [5.74, 6) is 1.31. The monoisotopic (exact) mass is 532 g/mol. The Hall–Kier alpha value is -4.66. The number of ketones is 1. The lowest BCUT2D eigenvalue weighted by Crippen LogP contribution is -2.45. The van der Waals surface area contributed by atoms with Crippen LogP contribution in [0.25, 0.3) is 0 Å². The van der Waals surface area contributed by atoms with Crippen molar-refractivity contribution in [2.45, 2.75) is 31.7 Å². The molecule has 39 heavy (non-hydrogen) atoms. The van der Waals surface area contributed by atoms with Crippen molar-refractivity contribution >= 4 is 11.8 Å². The molecule has 3 aromatic carbocycles. The Balaban J connectivity index is 1.65. The summed E-state index contributed by atoms with van der Waals surface area (Å²) in [6.45, 7) is 0. The van der Waals surface area contributed by atoms with E-state index in [4.69, 9.17) is 14.2 Å². The van der Waals surface area contributed by atoms with Crippen molar-refractivity contribution < 1.29 is 34.0 Å². The van der Waals surface area contributed by atoms with Crippen LogP contribution in [0.3, 0.4) is 0 Å². The van der Waals surface area contributed by atoms with Crippen LogP contribution >= 0.6 is 0 Å². The van der Waals surface area contributed by atoms with E-state index in [1.54, 1.807) is 49.6 Å². The Kier molecular flexibility index (Phi) is 8.60. The molecule has 9 heteroatoms. The van der Waals surface area contributed by atoms with Crippen LogP contribution in [0, 0.1) is 0 Å². The van der Waals surface area contributed by atoms with E-state index in [0.29, 0.717) is 47.8 Å². The third kappa shape index (κ3) is 6.43. The van der Waals surface area contributed by atoms with Gasteiger partial charge in [-0.25, -0.2) is 4.79 Å². The van der Waals surface area contributed by atoms with Crippen LogP contribution in [0.15, 0.2) is 71.9 Å². The van der Waals surface area contributed by atoms with Crippen molar-refractivity contribution in [2.75, 3.05) is 21.3 Å². The zero-order valence-electron chi connectivity index (χ0n) is 22.1. The Labute approximate surface area is 227 Å². The fourth-order valence-corrected chi connectivity index (χ4v) is 4.61. The molecule has 1 aliphatic rings. The summed E-state index contributed by atoms with van der Waals surface area (Å²) < 4.78 is 15.7. The van der Waals surface area contributed by atoms with Crippen molar-refractivity contribution in [3.8, 4) is 28.7 Å². The van der Waals surface area contributed by atoms with E-state index in [2.05, 4.69) is 10.6 Å². The van der Waals surface area contributed by atoms with Gasteiger partial charge in [0.15, 0.2) is 28.8 Å². The standard InChI is InChI=1S/C30H32N2O7/c1-37-21-10-8-20(9-11-21)29-28(25(35)15-7-19-6-14-24(34)27(17-19)39-3)22(31-30(36)32-29)12-4-18-5-13-23(33)26(16-18)38-2/h5-6,8-11,13-14,16-17,29,33-34H,4,7,12,15H2,1-3H3,(H2,31,32,36). The van der Waals surface area contributed by atoms with E-state index >= 15 is 0 Å². The largest absolute Gasteiger partial charge is 0.504 e. The Morgan fingerprint density at radius 1 is 0.795 bits per heavy atom. The molecule has 0 saturated heterocycles. The predicted octanol–water partition coefficient (Wildman–Crippen LogP) is 4.57. The minimum atomic E-state index is -0.643. The van der Waals surface area contributed by atoms with E-state index in [9.17, 15) is 19.8 Å². The highest BCUT2D eigenvalue weighted by atomic mass is 16.5. The second-order valence-electron chi connectivity index (χ2n) is 9.13. The molecule has 4 N–H and O–H groups in total. The molecule has 1 heterocycles. The lowest BCUT2D eigenvalue weighted by atomic mass is 9.88. The molecular weight excluding hydrogens is 500 g/mol. The molecule has 0 saturated carbocycles. The lowest BCUT2D eigenvalue weighted by Gasteiger charge is -2.30. The summed E-state index contributed by atoms with van der Waals surface area (Å²) in [5, 5.41) is 25.6. The molecule has 0 fully saturated rings. The number of rotatable bonds is 11. The van der Waals surface area contributed by atoms with Crippen molar-refractivity contribution in [1.82, 2.24) is 10.6 Å². The molecule has 4 rings (SSSR count). The van der Waals surface area contributed by atoms with Crippen molar-refractivity contribution in [2.24, 2.45) is 0 Å². The number of hydrogen-bond donors (Lipinski definition) is 4. The van der Waals surface area contributed by atoms with Gasteiger partial charge in [-0.15, -0.1) is 0 Å². The predicted molar refractivity (Wildman–Crippen MR) is 145 cm³/mol. The van der Waals surface area contributed by atoms with Crippen LogP contribution in [0.2, 0.25) is 0 Å². The van der Waals surface area contributed by atoms with Crippen LogP contribution in [0.5, 0.6) is 28.7 Å². The zero-order chi connectivity index (χ0) is 27.9. The fourth-order valence-electron chi connectivity index (χ4n) is 4.61. The molecule has 1 unspecified atom stereocenters. The third-order valence-electron chi connectivity index (χ3n) is 6.70. The SMILES string of the molecule is COc1ccc(C2NC(=O)NC(CCc3ccc(O)c(OC)c3)=C2C(=O)CCc2ccc(O)c(OC)c2)cc1. The minimum absolute atomic E-state index is 0.0298. The molecule has 2 amide bonds. The van der Waals surface area contributed by atoms with Gasteiger partial charge in [-0.05, 0) is 72.4 Å². The Morgan fingerprint density at radius 2 is 1.38 bits per heavy atom. The molecule has 0 spiro atoms. The van der Waals surface area contributed by atoms with Crippen molar-refractivity contribution in [1.29, 1.82) is 0 Å². The maximum Gasteiger partial charge on any atom is 0.319 e. The topological polar surface area (TPSA) is 126 Å². The molecule has 1 aliphatic heterocycles. The minimum Gasteiger partial charge on any atom is -0.504 e. The quantitative estimate of drug-likeness (QED) is 0.285. The van der Waals surface area contributed by atoms with Crippen LogP contribution in [0.1, 0.15) is 35.6 Å². The molecule has 0 aliphatic carbocycles. The third-order valence-corrected chi connectivity index (χ3v) is 6.70. The van der Waals surface area contributed by atoms with Crippen molar-refractivity contribution in [3.05, 3.63) is 88.6 Å². The van der Waals surface area contributed by atoms with Gasteiger partial charge >= 0.3 is 6.03 Å². The number of phenols is 2. The number of nitrogens with one attached hydrogen (secondary N) is 2. The van der Waals surface area contributed by atoms with Gasteiger partial charge in [-0.2, -0.15) is 0 Å². The molecule has 204 valence electrons. The number of carbonyl (C=O) groups is 2. The average Bonchev–Trinajstić information content (AvgIpc) is 2.95. The number of urea groups is 1. The van der Waals surface area contributed by atoms with E-state index in [-0.39, 0.29) is 23.7 Å². The molecule has 0 radical (unpaired) electrons. The molecule has 0 bridgehead atoms. The normalized spacial score (nSPS) is 14.8. The summed E-state index contributed by atoms with van der Waals surface area (Å²) in [6, 6.07) is 16.3. The van der Waals surface area contributed by atoms with Gasteiger partial charge in [0, 0.05) is 17.7 Å². The number of allylic oxidation sites excluding steroid dienone is 1. The van der Waals surface area contributed by atoms with Gasteiger partial charge in [0.25, 0.3) is 0 Å². The molecule has 0 aromatic heterocycles. The first-order valence-corrected chi connectivity index (χ1v) is 12.5. The number of amides is 2. The maximum absolute atomic E-state index is 13.8. The van der Waals surface area contributed by atoms with Crippen LogP contribution in [0.4, 0.5) is 4.79 Å². The van der Waals surface area contributed by atoms with E-state index < -0.39 is 12.1 Å². The summed E-state index contributed by atoms with van der Waals surface area (Å²) in [7, 11) is 4.53. The van der Waals surface area contributed by atoms with Crippen LogP contribution in [-0.2, 0) is 17.6 Å². The van der Waals surface area contributed by atoms with Gasteiger partial charge in [0.1, 0.15) is 5.75 Å². The number of phenolic OH excluding ortho intramolecular Hbond substituents is 2. The number of ether oxygens (including phenoxy) is 3. The van der Waals surface area contributed by atoms with E-state index in [1.807, 2.05) is 12.1 Å². The lowest BCUT2D eigenvalue weighted by molar-refractivity contribution is -0.116. The van der Waals surface area contributed by atoms with Crippen LogP contribution in [-0.4, -0.2) is 43.4 Å². The van der Waals surface area contributed by atoms with E-state index in [0.717, 1.165) is 16.7 Å². The van der Waals surface area contributed by atoms with Crippen LogP contribution < -0.4 is 24.8 Å². The van der Waals surface area contributed by atoms with E-state index in [1.165, 1.54) is 20.3 Å². The number of aryl methyl sites for hydroxylation is 2. The summed E-state index contributed by atoms with van der Waals surface area (Å²) in [4.78, 5) is 26.5. The number of Topliss-reactive ketones (excluding diaryl/α,β-unsaturated/α-hetero) is 1. The van der Waals surface area contributed by atoms with Gasteiger partial charge in [-0.3, -0.25) is 4.79 Å². The van der Waals surface area contributed by atoms with Gasteiger partial charge < -0.3 is 35.1 Å². The first kappa shape index (κ1) is 27.4. The molecule has 9 nitrogen and oxygen atoms in total. The Morgan fingerprint density at radius 3 is 1.95 bits per heavy atom. The highest BCUT2D eigenvalue weighted by Crippen LogP contribution is 2.33. The van der Waals surface area contributed by atoms with Gasteiger partial charge in [-0.1, -0.05) is 24.3 Å². The Bertz CT molecular complexity index is 1380. The second kappa shape index (κ2) is 12.3. The van der Waals surface area contributed by atoms with Gasteiger partial charge in [0.05, 0.1) is 27.4 Å². The fraction of sp³-hybridized carbons (Fsp3) is 0.267. The summed E-state index contributed by atoms with van der Waals surface area (Å²) in [5.41, 5.74) is 3.50. The van der Waals surface area contributed by atoms with Gasteiger partial charge in [0.2, 0.25) is 0 Å². The first-order valence-electron chi connectivity index (χ1n) is 12.5. The number of hydrogen-bond acceptors (Lipinski definition) is 7. The average molecular weight is 533 g/mol.